The topological polar surface area (TPSA) is 94.3 Å². The third-order valence-corrected chi connectivity index (χ3v) is 5.03. The number of amides is 1. The molecule has 0 saturated heterocycles. The van der Waals surface area contributed by atoms with Gasteiger partial charge in [0.15, 0.2) is 0 Å². The van der Waals surface area contributed by atoms with E-state index >= 15 is 0 Å². The predicted octanol–water partition coefficient (Wildman–Crippen LogP) is 3.45. The summed E-state index contributed by atoms with van der Waals surface area (Å²) in [6.45, 7) is 4.34. The summed E-state index contributed by atoms with van der Waals surface area (Å²) in [6.07, 6.45) is 1.59. The number of aromatic nitrogens is 5. The number of rotatable bonds is 7. The Hall–Kier alpha value is -3.46. The van der Waals surface area contributed by atoms with E-state index in [1.165, 1.54) is 11.8 Å². The molecule has 0 aliphatic rings. The summed E-state index contributed by atoms with van der Waals surface area (Å²) in [5, 5.41) is 7.97. The lowest BCUT2D eigenvalue weighted by Crippen LogP contribution is -2.26. The van der Waals surface area contributed by atoms with Crippen molar-refractivity contribution in [1.29, 1.82) is 0 Å². The Morgan fingerprint density at radius 1 is 1.13 bits per heavy atom. The van der Waals surface area contributed by atoms with Gasteiger partial charge < -0.3 is 10.1 Å². The maximum atomic E-state index is 12.6. The SMILES string of the molecule is Cc1cc(C)n2nc(SCCNC(=O)c3cccnc3Oc3ccccc3)nc2n1. The number of nitrogens with zero attached hydrogens (tertiary/aromatic N) is 5. The van der Waals surface area contributed by atoms with Crippen LogP contribution in [0.3, 0.4) is 0 Å². The number of carbonyl (C=O) groups is 1. The monoisotopic (exact) mass is 420 g/mol. The first-order chi connectivity index (χ1) is 14.6. The Morgan fingerprint density at radius 2 is 1.97 bits per heavy atom. The summed E-state index contributed by atoms with van der Waals surface area (Å²) >= 11 is 1.46. The van der Waals surface area contributed by atoms with Crippen LogP contribution in [0.15, 0.2) is 59.9 Å². The van der Waals surface area contributed by atoms with Gasteiger partial charge in [-0.25, -0.2) is 14.5 Å². The third-order valence-electron chi connectivity index (χ3n) is 4.19. The zero-order valence-electron chi connectivity index (χ0n) is 16.6. The molecule has 30 heavy (non-hydrogen) atoms. The zero-order valence-corrected chi connectivity index (χ0v) is 17.4. The number of fused-ring (bicyclic) bond motifs is 1. The van der Waals surface area contributed by atoms with Crippen molar-refractivity contribution in [3.63, 3.8) is 0 Å². The molecule has 0 unspecified atom stereocenters. The number of hydrogen-bond acceptors (Lipinski definition) is 7. The Bertz CT molecular complexity index is 1180. The molecule has 152 valence electrons. The molecular weight excluding hydrogens is 400 g/mol. The maximum absolute atomic E-state index is 12.6. The first kappa shape index (κ1) is 19.8. The van der Waals surface area contributed by atoms with Gasteiger partial charge in [0.25, 0.3) is 11.7 Å². The van der Waals surface area contributed by atoms with Gasteiger partial charge in [-0.15, -0.1) is 5.10 Å². The minimum absolute atomic E-state index is 0.245. The fourth-order valence-electron chi connectivity index (χ4n) is 2.86. The molecule has 8 nitrogen and oxygen atoms in total. The van der Waals surface area contributed by atoms with Crippen LogP contribution in [0.1, 0.15) is 21.7 Å². The summed E-state index contributed by atoms with van der Waals surface area (Å²) in [5.41, 5.74) is 2.27. The van der Waals surface area contributed by atoms with Crippen molar-refractivity contribution >= 4 is 23.4 Å². The van der Waals surface area contributed by atoms with E-state index in [1.807, 2.05) is 50.2 Å². The van der Waals surface area contributed by atoms with Crippen LogP contribution in [-0.2, 0) is 0 Å². The molecule has 0 radical (unpaired) electrons. The molecule has 3 aromatic heterocycles. The van der Waals surface area contributed by atoms with Gasteiger partial charge in [-0.2, -0.15) is 4.98 Å². The number of thioether (sulfide) groups is 1. The molecule has 0 bridgehead atoms. The highest BCUT2D eigenvalue weighted by Gasteiger charge is 2.14. The standard InChI is InChI=1S/C21H20N6O2S/c1-14-13-15(2)27-20(24-14)25-21(26-27)30-12-11-22-18(28)17-9-6-10-23-19(17)29-16-7-4-3-5-8-16/h3-10,13H,11-12H2,1-2H3,(H,22,28). The van der Waals surface area contributed by atoms with Crippen LogP contribution in [0.2, 0.25) is 0 Å². The Balaban J connectivity index is 1.35. The molecule has 3 heterocycles. The van der Waals surface area contributed by atoms with Crippen LogP contribution in [0.5, 0.6) is 11.6 Å². The molecular formula is C21H20N6O2S. The molecule has 1 aromatic carbocycles. The number of ether oxygens (including phenoxy) is 1. The van der Waals surface area contributed by atoms with Crippen LogP contribution < -0.4 is 10.1 Å². The lowest BCUT2D eigenvalue weighted by Gasteiger charge is -2.10. The van der Waals surface area contributed by atoms with Crippen LogP contribution >= 0.6 is 11.8 Å². The molecule has 0 fully saturated rings. The Morgan fingerprint density at radius 3 is 2.80 bits per heavy atom. The molecule has 1 amide bonds. The minimum Gasteiger partial charge on any atom is -0.438 e. The van der Waals surface area contributed by atoms with Crippen molar-refractivity contribution in [2.45, 2.75) is 19.0 Å². The van der Waals surface area contributed by atoms with Gasteiger partial charge in [0.1, 0.15) is 11.3 Å². The average molecular weight is 420 g/mol. The van der Waals surface area contributed by atoms with E-state index in [2.05, 4.69) is 25.4 Å². The van der Waals surface area contributed by atoms with E-state index in [9.17, 15) is 4.79 Å². The van der Waals surface area contributed by atoms with Crippen molar-refractivity contribution in [3.05, 3.63) is 71.7 Å². The van der Waals surface area contributed by atoms with Gasteiger partial charge in [-0.3, -0.25) is 4.79 Å². The Labute approximate surface area is 177 Å². The van der Waals surface area contributed by atoms with Crippen LogP contribution in [0.4, 0.5) is 0 Å². The second kappa shape index (κ2) is 8.91. The number of pyridine rings is 1. The predicted molar refractivity (Wildman–Crippen MR) is 114 cm³/mol. The second-order valence-corrected chi connectivity index (χ2v) is 7.58. The number of nitrogens with one attached hydrogen (secondary N) is 1. The molecule has 0 atom stereocenters. The van der Waals surface area contributed by atoms with E-state index in [0.717, 1.165) is 11.4 Å². The van der Waals surface area contributed by atoms with E-state index in [1.54, 1.807) is 22.8 Å². The number of hydrogen-bond donors (Lipinski definition) is 1. The summed E-state index contributed by atoms with van der Waals surface area (Å²) in [6, 6.07) is 14.6. The lowest BCUT2D eigenvalue weighted by molar-refractivity contribution is 0.0953. The smallest absolute Gasteiger partial charge is 0.256 e. The van der Waals surface area contributed by atoms with Crippen molar-refractivity contribution < 1.29 is 9.53 Å². The normalized spacial score (nSPS) is 10.9. The highest BCUT2D eigenvalue weighted by molar-refractivity contribution is 7.99. The van der Waals surface area contributed by atoms with Gasteiger partial charge in [0.05, 0.1) is 0 Å². The zero-order chi connectivity index (χ0) is 20.9. The van der Waals surface area contributed by atoms with E-state index in [0.29, 0.717) is 34.5 Å². The molecule has 0 aliphatic heterocycles. The maximum Gasteiger partial charge on any atom is 0.256 e. The molecule has 1 N–H and O–H groups in total. The van der Waals surface area contributed by atoms with Crippen LogP contribution in [0.25, 0.3) is 5.78 Å². The number of carbonyl (C=O) groups excluding carboxylic acids is 1. The Kier molecular flexibility index (Phi) is 5.89. The highest BCUT2D eigenvalue weighted by atomic mass is 32.2. The van der Waals surface area contributed by atoms with Gasteiger partial charge in [0, 0.05) is 29.9 Å². The van der Waals surface area contributed by atoms with E-state index in [-0.39, 0.29) is 11.8 Å². The summed E-state index contributed by atoms with van der Waals surface area (Å²) in [5.74, 6) is 1.85. The number of aryl methyl sites for hydroxylation is 2. The van der Waals surface area contributed by atoms with Crippen molar-refractivity contribution in [1.82, 2.24) is 29.9 Å². The van der Waals surface area contributed by atoms with Crippen molar-refractivity contribution in [2.24, 2.45) is 0 Å². The van der Waals surface area contributed by atoms with Gasteiger partial charge in [-0.1, -0.05) is 30.0 Å². The number of benzene rings is 1. The van der Waals surface area contributed by atoms with Crippen LogP contribution in [0, 0.1) is 13.8 Å². The second-order valence-electron chi connectivity index (χ2n) is 6.52. The minimum atomic E-state index is -0.245. The fourth-order valence-corrected chi connectivity index (χ4v) is 3.53. The first-order valence-electron chi connectivity index (χ1n) is 9.40. The van der Waals surface area contributed by atoms with Gasteiger partial charge in [-0.05, 0) is 44.2 Å². The summed E-state index contributed by atoms with van der Waals surface area (Å²) < 4.78 is 7.47. The van der Waals surface area contributed by atoms with Crippen LogP contribution in [-0.4, -0.2) is 42.8 Å². The highest BCUT2D eigenvalue weighted by Crippen LogP contribution is 2.22. The third kappa shape index (κ3) is 4.57. The van der Waals surface area contributed by atoms with E-state index in [4.69, 9.17) is 4.74 Å². The molecule has 4 aromatic rings. The molecule has 0 spiro atoms. The molecule has 0 saturated carbocycles. The van der Waals surface area contributed by atoms with E-state index < -0.39 is 0 Å². The average Bonchev–Trinajstić information content (AvgIpc) is 3.15. The quantitative estimate of drug-likeness (QED) is 0.361. The molecule has 9 heteroatoms. The van der Waals surface area contributed by atoms with Crippen molar-refractivity contribution in [3.8, 4) is 11.6 Å². The van der Waals surface area contributed by atoms with Gasteiger partial charge >= 0.3 is 0 Å². The molecule has 4 rings (SSSR count). The fraction of sp³-hybridized carbons (Fsp3) is 0.190. The van der Waals surface area contributed by atoms with Gasteiger partial charge in [0.2, 0.25) is 11.0 Å². The molecule has 0 aliphatic carbocycles. The van der Waals surface area contributed by atoms with Crippen molar-refractivity contribution in [2.75, 3.05) is 12.3 Å². The lowest BCUT2D eigenvalue weighted by atomic mass is 10.2. The summed E-state index contributed by atoms with van der Waals surface area (Å²) in [7, 11) is 0. The summed E-state index contributed by atoms with van der Waals surface area (Å²) in [4.78, 5) is 25.6. The largest absolute Gasteiger partial charge is 0.438 e. The first-order valence-corrected chi connectivity index (χ1v) is 10.4. The number of para-hydroxylation sites is 1.